The van der Waals surface area contributed by atoms with Gasteiger partial charge < -0.3 is 10.1 Å². The summed E-state index contributed by atoms with van der Waals surface area (Å²) >= 11 is 0. The minimum absolute atomic E-state index is 0.0426. The van der Waals surface area contributed by atoms with Crippen LogP contribution in [-0.4, -0.2) is 50.7 Å². The Hall–Kier alpha value is -3.57. The van der Waals surface area contributed by atoms with Crippen LogP contribution in [0.2, 0.25) is 0 Å². The maximum atomic E-state index is 12.2. The van der Waals surface area contributed by atoms with Crippen molar-refractivity contribution in [3.8, 4) is 0 Å². The molecule has 1 aliphatic rings. The van der Waals surface area contributed by atoms with Crippen LogP contribution in [0.5, 0.6) is 0 Å². The normalized spacial score (nSPS) is 13.2. The molecule has 3 N–H and O–H groups in total. The molecule has 2 aromatic rings. The zero-order valence-electron chi connectivity index (χ0n) is 16.0. The number of amides is 3. The molecule has 0 fully saturated rings. The van der Waals surface area contributed by atoms with E-state index in [0.29, 0.717) is 5.56 Å². The van der Waals surface area contributed by atoms with Crippen LogP contribution in [0.3, 0.4) is 0 Å². The van der Waals surface area contributed by atoms with E-state index in [1.807, 2.05) is 0 Å². The largest absolute Gasteiger partial charge is 0.452 e. The molecule has 156 valence electrons. The number of carbonyl (C=O) groups is 4. The molecule has 0 radical (unpaired) electrons. The first-order valence-electron chi connectivity index (χ1n) is 8.56. The molecule has 2 aromatic carbocycles. The summed E-state index contributed by atoms with van der Waals surface area (Å²) in [4.78, 5) is 49.0. The Balaban J connectivity index is 1.67. The van der Waals surface area contributed by atoms with Gasteiger partial charge in [-0.25, -0.2) is 18.4 Å². The van der Waals surface area contributed by atoms with Gasteiger partial charge in [-0.15, -0.1) is 0 Å². The molecule has 0 saturated carbocycles. The Kier molecular flexibility index (Phi) is 5.42. The van der Waals surface area contributed by atoms with Crippen molar-refractivity contribution >= 4 is 39.4 Å². The zero-order valence-corrected chi connectivity index (χ0v) is 16.8. The number of aryl methyl sites for hydroxylation is 1. The molecule has 0 aliphatic carbocycles. The molecule has 10 nitrogen and oxygen atoms in total. The number of anilines is 1. The monoisotopic (exact) mass is 431 g/mol. The summed E-state index contributed by atoms with van der Waals surface area (Å²) in [5.41, 5.74) is 1.04. The van der Waals surface area contributed by atoms with Crippen LogP contribution in [0.1, 0.15) is 36.6 Å². The van der Waals surface area contributed by atoms with Gasteiger partial charge in [-0.3, -0.25) is 19.3 Å². The fourth-order valence-corrected chi connectivity index (χ4v) is 3.38. The van der Waals surface area contributed by atoms with Crippen LogP contribution in [0.25, 0.3) is 0 Å². The van der Waals surface area contributed by atoms with Gasteiger partial charge in [0.1, 0.15) is 0 Å². The molecule has 1 aliphatic heterocycles. The van der Waals surface area contributed by atoms with Crippen LogP contribution in [-0.2, 0) is 19.6 Å². The first-order chi connectivity index (χ1) is 14.0. The lowest BCUT2D eigenvalue weighted by Crippen LogP contribution is -2.24. The quantitative estimate of drug-likeness (QED) is 0.521. The van der Waals surface area contributed by atoms with Gasteiger partial charge in [0.15, 0.2) is 6.61 Å². The predicted octanol–water partition coefficient (Wildman–Crippen LogP) is 0.664. The summed E-state index contributed by atoms with van der Waals surface area (Å²) < 4.78 is 27.8. The van der Waals surface area contributed by atoms with E-state index in [1.54, 1.807) is 6.92 Å². The number of sulfonamides is 1. The van der Waals surface area contributed by atoms with E-state index < -0.39 is 40.3 Å². The minimum Gasteiger partial charge on any atom is -0.452 e. The second-order valence-corrected chi connectivity index (χ2v) is 8.14. The van der Waals surface area contributed by atoms with Crippen molar-refractivity contribution in [3.05, 3.63) is 58.7 Å². The van der Waals surface area contributed by atoms with Crippen LogP contribution < -0.4 is 10.5 Å². The first kappa shape index (κ1) is 21.1. The van der Waals surface area contributed by atoms with E-state index in [1.165, 1.54) is 37.4 Å². The smallest absolute Gasteiger partial charge is 0.338 e. The number of fused-ring (bicyclic) bond motifs is 1. The Bertz CT molecular complexity index is 1200. The van der Waals surface area contributed by atoms with Crippen LogP contribution in [0, 0.1) is 6.92 Å². The van der Waals surface area contributed by atoms with E-state index in [9.17, 15) is 27.6 Å². The molecule has 0 unspecified atom stereocenters. The molecule has 0 saturated heterocycles. The molecule has 30 heavy (non-hydrogen) atoms. The number of nitrogens with one attached hydrogen (secondary N) is 1. The molecule has 0 aromatic heterocycles. The molecule has 3 rings (SSSR count). The number of rotatable bonds is 5. The fraction of sp³-hybridized carbons (Fsp3) is 0.158. The molecular formula is C19H17N3O7S. The lowest BCUT2D eigenvalue weighted by atomic mass is 10.1. The highest BCUT2D eigenvalue weighted by molar-refractivity contribution is 7.89. The lowest BCUT2D eigenvalue weighted by Gasteiger charge is -2.09. The number of ether oxygens (including phenoxy) is 1. The summed E-state index contributed by atoms with van der Waals surface area (Å²) in [7, 11) is -2.65. The second-order valence-electron chi connectivity index (χ2n) is 6.58. The summed E-state index contributed by atoms with van der Waals surface area (Å²) in [6.07, 6.45) is 0. The summed E-state index contributed by atoms with van der Waals surface area (Å²) in [6, 6.07) is 7.95. The SMILES string of the molecule is Cc1ccc(S(N)(=O)=O)cc1C(=O)OCC(=O)Nc1ccc2c(c1)C(=O)N(C)C2=O. The number of esters is 1. The van der Waals surface area contributed by atoms with Crippen LogP contribution in [0.4, 0.5) is 5.69 Å². The fourth-order valence-electron chi connectivity index (χ4n) is 2.84. The first-order valence-corrected chi connectivity index (χ1v) is 10.1. The van der Waals surface area contributed by atoms with Gasteiger partial charge in [0.2, 0.25) is 10.0 Å². The van der Waals surface area contributed by atoms with E-state index in [-0.39, 0.29) is 27.3 Å². The zero-order chi connectivity index (χ0) is 22.2. The Labute approximate surface area is 171 Å². The second kappa shape index (κ2) is 7.69. The third-order valence-corrected chi connectivity index (χ3v) is 5.38. The highest BCUT2D eigenvalue weighted by atomic mass is 32.2. The van der Waals surface area contributed by atoms with E-state index in [0.717, 1.165) is 11.0 Å². The summed E-state index contributed by atoms with van der Waals surface area (Å²) in [5.74, 6) is -2.50. The predicted molar refractivity (Wildman–Crippen MR) is 104 cm³/mol. The summed E-state index contributed by atoms with van der Waals surface area (Å²) in [6.45, 7) is 0.922. The molecular weight excluding hydrogens is 414 g/mol. The topological polar surface area (TPSA) is 153 Å². The van der Waals surface area contributed by atoms with Crippen molar-refractivity contribution in [2.75, 3.05) is 19.0 Å². The number of imide groups is 1. The standard InChI is InChI=1S/C19H17N3O7S/c1-10-3-5-12(30(20,27)28)8-14(10)19(26)29-9-16(23)21-11-4-6-13-15(7-11)18(25)22(2)17(13)24/h3-8H,9H2,1-2H3,(H,21,23)(H2,20,27,28). The van der Waals surface area contributed by atoms with Crippen LogP contribution >= 0.6 is 0 Å². The number of carbonyl (C=O) groups excluding carboxylic acids is 4. The molecule has 0 bridgehead atoms. The van der Waals surface area contributed by atoms with Crippen molar-refractivity contribution in [3.63, 3.8) is 0 Å². The van der Waals surface area contributed by atoms with Gasteiger partial charge in [-0.1, -0.05) is 6.07 Å². The number of benzene rings is 2. The number of hydrogen-bond donors (Lipinski definition) is 2. The molecule has 1 heterocycles. The molecule has 0 spiro atoms. The number of hydrogen-bond acceptors (Lipinski definition) is 7. The average Bonchev–Trinajstić information content (AvgIpc) is 2.89. The van der Waals surface area contributed by atoms with Crippen molar-refractivity contribution in [2.45, 2.75) is 11.8 Å². The van der Waals surface area contributed by atoms with Gasteiger partial charge in [-0.05, 0) is 42.8 Å². The van der Waals surface area contributed by atoms with Gasteiger partial charge in [0.25, 0.3) is 17.7 Å². The van der Waals surface area contributed by atoms with E-state index >= 15 is 0 Å². The Morgan fingerprint density at radius 1 is 1.07 bits per heavy atom. The lowest BCUT2D eigenvalue weighted by molar-refractivity contribution is -0.119. The van der Waals surface area contributed by atoms with Crippen molar-refractivity contribution in [2.24, 2.45) is 5.14 Å². The number of nitrogens with two attached hydrogens (primary N) is 1. The maximum absolute atomic E-state index is 12.2. The van der Waals surface area contributed by atoms with Gasteiger partial charge >= 0.3 is 5.97 Å². The average molecular weight is 431 g/mol. The van der Waals surface area contributed by atoms with E-state index in [2.05, 4.69) is 5.32 Å². The molecule has 0 atom stereocenters. The van der Waals surface area contributed by atoms with E-state index in [4.69, 9.17) is 9.88 Å². The van der Waals surface area contributed by atoms with Crippen LogP contribution in [0.15, 0.2) is 41.3 Å². The highest BCUT2D eigenvalue weighted by Gasteiger charge is 2.32. The third kappa shape index (κ3) is 4.07. The van der Waals surface area contributed by atoms with Crippen molar-refractivity contribution in [1.29, 1.82) is 0 Å². The maximum Gasteiger partial charge on any atom is 0.338 e. The number of nitrogens with zero attached hydrogens (tertiary/aromatic N) is 1. The van der Waals surface area contributed by atoms with Gasteiger partial charge in [-0.2, -0.15) is 0 Å². The minimum atomic E-state index is -4.01. The van der Waals surface area contributed by atoms with Crippen molar-refractivity contribution < 1.29 is 32.3 Å². The Morgan fingerprint density at radius 3 is 2.40 bits per heavy atom. The number of primary sulfonamides is 1. The Morgan fingerprint density at radius 2 is 1.73 bits per heavy atom. The molecule has 11 heteroatoms. The highest BCUT2D eigenvalue weighted by Crippen LogP contribution is 2.24. The van der Waals surface area contributed by atoms with Gasteiger partial charge in [0.05, 0.1) is 21.6 Å². The third-order valence-electron chi connectivity index (χ3n) is 4.47. The van der Waals surface area contributed by atoms with Crippen molar-refractivity contribution in [1.82, 2.24) is 4.90 Å². The summed E-state index contributed by atoms with van der Waals surface area (Å²) in [5, 5.41) is 7.52. The molecule has 3 amide bonds. The van der Waals surface area contributed by atoms with Gasteiger partial charge in [0, 0.05) is 12.7 Å².